The second-order valence-corrected chi connectivity index (χ2v) is 10.8. The summed E-state index contributed by atoms with van der Waals surface area (Å²) in [6.45, 7) is 4.17. The Morgan fingerprint density at radius 3 is 2.00 bits per heavy atom. The fraction of sp³-hybridized carbons (Fsp3) is 0.846. The van der Waals surface area contributed by atoms with Crippen LogP contribution in [-0.2, 0) is 33.3 Å². The molecule has 2 rings (SSSR count). The Labute approximate surface area is 235 Å². The van der Waals surface area contributed by atoms with Crippen molar-refractivity contribution < 1.29 is 38.1 Å². The molecule has 2 aliphatic heterocycles. The molecule has 2 heterocycles. The van der Waals surface area contributed by atoms with Gasteiger partial charge in [0.15, 0.2) is 0 Å². The maximum absolute atomic E-state index is 12.0. The molecule has 2 fully saturated rings. The van der Waals surface area contributed by atoms with Crippen molar-refractivity contribution in [2.24, 2.45) is 0 Å². The van der Waals surface area contributed by atoms with E-state index in [2.05, 4.69) is 26.0 Å². The third-order valence-corrected chi connectivity index (χ3v) is 7.92. The molecule has 3 atom stereocenters. The molecule has 0 aliphatic carbocycles. The van der Waals surface area contributed by atoms with Crippen molar-refractivity contribution in [3.8, 4) is 0 Å². The largest absolute Gasteiger partial charge is 0.469 e. The lowest BCUT2D eigenvalue weighted by atomic mass is 10.0. The number of amides is 4. The molecule has 4 N–H and O–H groups in total. The smallest absolute Gasteiger partial charge is 0.315 e. The van der Waals surface area contributed by atoms with Gasteiger partial charge in [0.25, 0.3) is 0 Å². The van der Waals surface area contributed by atoms with Crippen LogP contribution in [0.4, 0.5) is 4.79 Å². The maximum atomic E-state index is 12.0. The first kappa shape index (κ1) is 33.1. The van der Waals surface area contributed by atoms with Crippen LogP contribution in [0.1, 0.15) is 57.8 Å². The number of urea groups is 1. The summed E-state index contributed by atoms with van der Waals surface area (Å²) >= 11 is 1.90. The van der Waals surface area contributed by atoms with Crippen LogP contribution in [0.25, 0.3) is 0 Å². The van der Waals surface area contributed by atoms with E-state index in [0.29, 0.717) is 83.7 Å². The molecule has 0 saturated carbocycles. The predicted octanol–water partition coefficient (Wildman–Crippen LogP) is 1.12. The minimum Gasteiger partial charge on any atom is -0.469 e. The molecule has 0 bridgehead atoms. The molecule has 0 aromatic carbocycles. The number of hydrogen-bond acceptors (Lipinski definition) is 9. The van der Waals surface area contributed by atoms with Gasteiger partial charge in [0, 0.05) is 56.6 Å². The van der Waals surface area contributed by atoms with Crippen LogP contribution in [0.2, 0.25) is 0 Å². The Balaban J connectivity index is 1.25. The Morgan fingerprint density at radius 2 is 1.38 bits per heavy atom. The second-order valence-electron chi connectivity index (χ2n) is 9.54. The van der Waals surface area contributed by atoms with Gasteiger partial charge in [-0.1, -0.05) is 6.42 Å². The number of unbranched alkanes of at least 4 members (excludes halogenated alkanes) is 1. The van der Waals surface area contributed by atoms with Crippen molar-refractivity contribution in [2.45, 2.75) is 75.1 Å². The number of ether oxygens (including phenoxy) is 4. The predicted molar refractivity (Wildman–Crippen MR) is 148 cm³/mol. The molecule has 0 unspecified atom stereocenters. The van der Waals surface area contributed by atoms with Crippen molar-refractivity contribution in [1.29, 1.82) is 0 Å². The number of hydrogen-bond donors (Lipinski definition) is 4. The average Bonchev–Trinajstić information content (AvgIpc) is 3.47. The molecule has 4 amide bonds. The summed E-state index contributed by atoms with van der Waals surface area (Å²) in [6, 6.07) is 0.418. The van der Waals surface area contributed by atoms with Crippen LogP contribution in [0.5, 0.6) is 0 Å². The van der Waals surface area contributed by atoms with Crippen LogP contribution in [-0.4, -0.2) is 107 Å². The van der Waals surface area contributed by atoms with E-state index >= 15 is 0 Å². The van der Waals surface area contributed by atoms with Gasteiger partial charge < -0.3 is 40.2 Å². The van der Waals surface area contributed by atoms with Crippen molar-refractivity contribution in [2.75, 3.05) is 65.6 Å². The number of methoxy groups -OCH3 is 1. The van der Waals surface area contributed by atoms with E-state index in [4.69, 9.17) is 14.2 Å². The Morgan fingerprint density at radius 1 is 0.795 bits per heavy atom. The number of nitrogens with one attached hydrogen (secondary N) is 4. The number of thioether (sulfide) groups is 1. The standard InChI is InChI=1S/C26H46N4O8S/c1-35-24(33)10-4-9-23(32)28-12-6-14-37-16-18-38-17-15-36-13-5-11-27-22(31)8-3-2-7-21-25-20(19-39-21)29-26(34)30-25/h20-21,25H,2-19H2,1H3,(H,27,31)(H,28,32)(H2,29,30,34)/t20-,21-,25-/m0/s1. The highest BCUT2D eigenvalue weighted by Gasteiger charge is 2.42. The number of esters is 1. The molecule has 13 heteroatoms. The van der Waals surface area contributed by atoms with Gasteiger partial charge in [0.1, 0.15) is 0 Å². The average molecular weight is 575 g/mol. The zero-order chi connectivity index (χ0) is 28.1. The van der Waals surface area contributed by atoms with E-state index in [0.717, 1.165) is 31.4 Å². The Kier molecular flexibility index (Phi) is 17.6. The molecule has 39 heavy (non-hydrogen) atoms. The summed E-state index contributed by atoms with van der Waals surface area (Å²) in [5.41, 5.74) is 0. The lowest BCUT2D eigenvalue weighted by Crippen LogP contribution is -2.36. The third kappa shape index (κ3) is 15.3. The van der Waals surface area contributed by atoms with E-state index in [1.807, 2.05) is 11.8 Å². The van der Waals surface area contributed by atoms with E-state index in [1.165, 1.54) is 7.11 Å². The van der Waals surface area contributed by atoms with E-state index in [9.17, 15) is 19.2 Å². The molecular formula is C26H46N4O8S. The molecule has 12 nitrogen and oxygen atoms in total. The summed E-state index contributed by atoms with van der Waals surface area (Å²) < 4.78 is 21.0. The first-order valence-electron chi connectivity index (χ1n) is 14.0. The van der Waals surface area contributed by atoms with Gasteiger partial charge >= 0.3 is 12.0 Å². The second kappa shape index (κ2) is 20.8. The van der Waals surface area contributed by atoms with Crippen LogP contribution in [0.15, 0.2) is 0 Å². The van der Waals surface area contributed by atoms with E-state index < -0.39 is 0 Å². The molecule has 224 valence electrons. The van der Waals surface area contributed by atoms with Gasteiger partial charge in [-0.05, 0) is 32.1 Å². The van der Waals surface area contributed by atoms with Crippen molar-refractivity contribution in [1.82, 2.24) is 21.3 Å². The van der Waals surface area contributed by atoms with Crippen LogP contribution in [0, 0.1) is 0 Å². The molecular weight excluding hydrogens is 528 g/mol. The van der Waals surface area contributed by atoms with Crippen molar-refractivity contribution in [3.63, 3.8) is 0 Å². The van der Waals surface area contributed by atoms with Gasteiger partial charge in [-0.15, -0.1) is 0 Å². The SMILES string of the molecule is COC(=O)CCCC(=O)NCCCOCCOCCOCCCNC(=O)CCCC[C@@H]1SC[C@@H]2NC(=O)N[C@@H]21. The number of carbonyl (C=O) groups excluding carboxylic acids is 4. The summed E-state index contributed by atoms with van der Waals surface area (Å²) in [5, 5.41) is 12.1. The lowest BCUT2D eigenvalue weighted by Gasteiger charge is -2.16. The molecule has 2 aliphatic rings. The zero-order valence-corrected chi connectivity index (χ0v) is 24.0. The summed E-state index contributed by atoms with van der Waals surface area (Å²) in [7, 11) is 1.33. The Hall–Kier alpha value is -2.09. The third-order valence-electron chi connectivity index (χ3n) is 6.41. The van der Waals surface area contributed by atoms with E-state index in [1.54, 1.807) is 0 Å². The highest BCUT2D eigenvalue weighted by Crippen LogP contribution is 2.33. The van der Waals surface area contributed by atoms with Gasteiger partial charge in [-0.25, -0.2) is 4.79 Å². The molecule has 0 spiro atoms. The highest BCUT2D eigenvalue weighted by atomic mass is 32.2. The Bertz CT molecular complexity index is 745. The fourth-order valence-corrected chi connectivity index (χ4v) is 5.84. The monoisotopic (exact) mass is 574 g/mol. The van der Waals surface area contributed by atoms with Crippen molar-refractivity contribution >= 4 is 35.6 Å². The summed E-state index contributed by atoms with van der Waals surface area (Å²) in [6.07, 6.45) is 5.89. The van der Waals surface area contributed by atoms with Crippen LogP contribution >= 0.6 is 11.8 Å². The maximum Gasteiger partial charge on any atom is 0.315 e. The molecule has 0 aromatic rings. The lowest BCUT2D eigenvalue weighted by molar-refractivity contribution is -0.140. The van der Waals surface area contributed by atoms with Crippen LogP contribution in [0.3, 0.4) is 0 Å². The molecule has 0 aromatic heterocycles. The highest BCUT2D eigenvalue weighted by molar-refractivity contribution is 8.00. The van der Waals surface area contributed by atoms with Crippen LogP contribution < -0.4 is 21.3 Å². The summed E-state index contributed by atoms with van der Waals surface area (Å²) in [4.78, 5) is 46.0. The van der Waals surface area contributed by atoms with Gasteiger partial charge in [0.2, 0.25) is 11.8 Å². The van der Waals surface area contributed by atoms with Gasteiger partial charge in [-0.2, -0.15) is 11.8 Å². The minimum absolute atomic E-state index is 0.0594. The number of fused-ring (bicyclic) bond motifs is 1. The number of rotatable bonds is 23. The first-order chi connectivity index (χ1) is 19.0. The van der Waals surface area contributed by atoms with Crippen molar-refractivity contribution in [3.05, 3.63) is 0 Å². The van der Waals surface area contributed by atoms with E-state index in [-0.39, 0.29) is 42.3 Å². The molecule has 0 radical (unpaired) electrons. The molecule has 2 saturated heterocycles. The minimum atomic E-state index is -0.304. The summed E-state index contributed by atoms with van der Waals surface area (Å²) in [5.74, 6) is 0.656. The first-order valence-corrected chi connectivity index (χ1v) is 15.1. The zero-order valence-electron chi connectivity index (χ0n) is 23.1. The topological polar surface area (TPSA) is 153 Å². The number of carbonyl (C=O) groups is 4. The quantitative estimate of drug-likeness (QED) is 0.0799. The fourth-order valence-electron chi connectivity index (χ4n) is 4.29. The normalized spacial score (nSPS) is 19.7. The van der Waals surface area contributed by atoms with Gasteiger partial charge in [-0.3, -0.25) is 14.4 Å². The van der Waals surface area contributed by atoms with Gasteiger partial charge in [0.05, 0.1) is 45.6 Å².